The molecule has 0 unspecified atom stereocenters. The molecule has 0 atom stereocenters. The molecule has 3 aromatic heterocycles. The molecule has 0 spiro atoms. The number of alkyl halides is 3. The highest BCUT2D eigenvalue weighted by Gasteiger charge is 2.30. The Morgan fingerprint density at radius 1 is 0.388 bits per heavy atom. The van der Waals surface area contributed by atoms with Gasteiger partial charge >= 0.3 is 6.18 Å². The van der Waals surface area contributed by atoms with Gasteiger partial charge in [-0.15, -0.1) is 0 Å². The molecule has 408 valence electrons. The Bertz CT molecular complexity index is 3260. The van der Waals surface area contributed by atoms with E-state index in [0.29, 0.717) is 70.3 Å². The third-order valence-electron chi connectivity index (χ3n) is 11.4. The van der Waals surface area contributed by atoms with Crippen molar-refractivity contribution in [3.63, 3.8) is 0 Å². The van der Waals surface area contributed by atoms with Gasteiger partial charge in [-0.25, -0.2) is 13.2 Å². The SMILES string of the molecule is O=C(NCc1ccncc1)c1ccc(OCc2ccc(C(F)(F)F)cc2)cc1.O=C(NCc1ccncc1)c1ccc(OCc2ccc(Cl)c(F)c2)cc1.O=C(NCc1ccncc1)c1ccc(OCc2ccc(F)c(F)c2)cc1. The Morgan fingerprint density at radius 3 is 1.05 bits per heavy atom. The smallest absolute Gasteiger partial charge is 0.416 e. The number of pyridine rings is 3. The van der Waals surface area contributed by atoms with E-state index in [2.05, 4.69) is 30.9 Å². The minimum absolute atomic E-state index is 0.0795. The largest absolute Gasteiger partial charge is 0.489 e. The fourth-order valence-corrected chi connectivity index (χ4v) is 7.13. The standard InChI is InChI=1S/C21H17F3N2O2.C20H16ClFN2O2.C20H16F2N2O2/c22-21(23,24)18-5-1-16(2-6-18)14-28-19-7-3-17(4-8-19)20(27)26-13-15-9-11-25-12-10-15;2*21-18-6-1-15(11-19(18)22)13-26-17-4-2-16(3-5-17)20(25)24-12-14-7-9-23-10-8-14/h1-12H,13-14H2,(H,26,27);2*1-11H,12-13H2,(H,24,25). The van der Waals surface area contributed by atoms with Crippen LogP contribution in [0.15, 0.2) is 207 Å². The highest BCUT2D eigenvalue weighted by atomic mass is 35.5. The highest BCUT2D eigenvalue weighted by Crippen LogP contribution is 2.29. The zero-order chi connectivity index (χ0) is 56.7. The van der Waals surface area contributed by atoms with E-state index in [-0.39, 0.29) is 42.6 Å². The van der Waals surface area contributed by atoms with E-state index in [0.717, 1.165) is 41.0 Å². The maximum Gasteiger partial charge on any atom is 0.416 e. The van der Waals surface area contributed by atoms with E-state index in [1.54, 1.807) is 116 Å². The molecule has 3 amide bonds. The predicted molar refractivity (Wildman–Crippen MR) is 288 cm³/mol. The monoisotopic (exact) mass is 1110 g/mol. The molecule has 0 fully saturated rings. The van der Waals surface area contributed by atoms with Gasteiger partial charge in [0.1, 0.15) is 42.9 Å². The summed E-state index contributed by atoms with van der Waals surface area (Å²) >= 11 is 5.65. The summed E-state index contributed by atoms with van der Waals surface area (Å²) in [6.07, 6.45) is 5.66. The summed E-state index contributed by atoms with van der Waals surface area (Å²) in [7, 11) is 0. The van der Waals surface area contributed by atoms with E-state index in [4.69, 9.17) is 25.8 Å². The Kier molecular flexibility index (Phi) is 21.3. The van der Waals surface area contributed by atoms with E-state index in [1.165, 1.54) is 30.3 Å². The van der Waals surface area contributed by atoms with Crippen LogP contribution in [0.5, 0.6) is 17.2 Å². The van der Waals surface area contributed by atoms with Gasteiger partial charge in [-0.1, -0.05) is 35.9 Å². The van der Waals surface area contributed by atoms with Gasteiger partial charge in [-0.05, 0) is 179 Å². The molecular formula is C61H49ClF6N6O6. The van der Waals surface area contributed by atoms with Crippen LogP contribution in [0.2, 0.25) is 5.02 Å². The normalized spacial score (nSPS) is 10.6. The maximum atomic E-state index is 13.4. The Labute approximate surface area is 461 Å². The molecule has 3 heterocycles. The molecule has 6 aromatic carbocycles. The van der Waals surface area contributed by atoms with Gasteiger partial charge in [0.25, 0.3) is 17.7 Å². The van der Waals surface area contributed by atoms with Crippen molar-refractivity contribution in [2.24, 2.45) is 0 Å². The van der Waals surface area contributed by atoms with Gasteiger partial charge in [0.15, 0.2) is 11.6 Å². The molecule has 0 bridgehead atoms. The van der Waals surface area contributed by atoms with Crippen LogP contribution >= 0.6 is 11.6 Å². The van der Waals surface area contributed by atoms with Crippen LogP contribution in [0.3, 0.4) is 0 Å². The maximum absolute atomic E-state index is 13.4. The fraction of sp³-hybridized carbons (Fsp3) is 0.115. The summed E-state index contributed by atoms with van der Waals surface area (Å²) in [4.78, 5) is 48.2. The van der Waals surface area contributed by atoms with Crippen LogP contribution in [-0.2, 0) is 45.6 Å². The molecule has 0 aliphatic carbocycles. The van der Waals surface area contributed by atoms with Crippen LogP contribution < -0.4 is 30.2 Å². The summed E-state index contributed by atoms with van der Waals surface area (Å²) in [5.74, 6) is -1.23. The molecule has 9 aromatic rings. The minimum atomic E-state index is -4.35. The molecule has 19 heteroatoms. The van der Waals surface area contributed by atoms with E-state index in [1.807, 2.05) is 36.4 Å². The average Bonchev–Trinajstić information content (AvgIpc) is 3.49. The van der Waals surface area contributed by atoms with Gasteiger partial charge in [-0.3, -0.25) is 29.3 Å². The molecule has 0 radical (unpaired) electrons. The number of carbonyl (C=O) groups is 3. The van der Waals surface area contributed by atoms with Gasteiger partial charge in [0.2, 0.25) is 0 Å². The van der Waals surface area contributed by atoms with Gasteiger partial charge in [0.05, 0.1) is 10.6 Å². The first kappa shape index (κ1) is 58.1. The molecule has 80 heavy (non-hydrogen) atoms. The second-order valence-electron chi connectivity index (χ2n) is 17.2. The Balaban J connectivity index is 0.000000174. The van der Waals surface area contributed by atoms with Crippen molar-refractivity contribution in [2.75, 3.05) is 0 Å². The molecule has 9 rings (SSSR count). The zero-order valence-corrected chi connectivity index (χ0v) is 43.1. The van der Waals surface area contributed by atoms with Crippen molar-refractivity contribution >= 4 is 29.3 Å². The van der Waals surface area contributed by atoms with E-state index < -0.39 is 29.2 Å². The van der Waals surface area contributed by atoms with Crippen molar-refractivity contribution in [1.29, 1.82) is 0 Å². The minimum Gasteiger partial charge on any atom is -0.489 e. The van der Waals surface area contributed by atoms with Crippen molar-refractivity contribution < 1.29 is 54.9 Å². The fourth-order valence-electron chi connectivity index (χ4n) is 7.01. The number of nitrogens with zero attached hydrogens (tertiary/aromatic N) is 3. The number of ether oxygens (including phenoxy) is 3. The third kappa shape index (κ3) is 18.9. The quantitative estimate of drug-likeness (QED) is 0.0713. The van der Waals surface area contributed by atoms with Crippen molar-refractivity contribution in [3.8, 4) is 17.2 Å². The van der Waals surface area contributed by atoms with Crippen LogP contribution in [0.4, 0.5) is 26.3 Å². The highest BCUT2D eigenvalue weighted by molar-refractivity contribution is 6.30. The van der Waals surface area contributed by atoms with Crippen molar-refractivity contribution in [1.82, 2.24) is 30.9 Å². The third-order valence-corrected chi connectivity index (χ3v) is 11.7. The summed E-state index contributed by atoms with van der Waals surface area (Å²) in [5.41, 5.74) is 5.50. The molecule has 0 saturated carbocycles. The second-order valence-corrected chi connectivity index (χ2v) is 17.7. The number of amides is 3. The van der Waals surface area contributed by atoms with Crippen molar-refractivity contribution in [2.45, 2.75) is 45.6 Å². The number of benzene rings is 6. The van der Waals surface area contributed by atoms with Gasteiger partial charge in [0, 0.05) is 73.5 Å². The first-order valence-electron chi connectivity index (χ1n) is 24.4. The molecule has 3 N–H and O–H groups in total. The lowest BCUT2D eigenvalue weighted by atomic mass is 10.1. The topological polar surface area (TPSA) is 154 Å². The lowest BCUT2D eigenvalue weighted by Gasteiger charge is -2.10. The number of aromatic nitrogens is 3. The zero-order valence-electron chi connectivity index (χ0n) is 42.3. The summed E-state index contributed by atoms with van der Waals surface area (Å²) in [5, 5.41) is 8.55. The Hall–Kier alpha value is -9.55. The van der Waals surface area contributed by atoms with Gasteiger partial charge in [-0.2, -0.15) is 13.2 Å². The van der Waals surface area contributed by atoms with Crippen LogP contribution in [0, 0.1) is 17.5 Å². The lowest BCUT2D eigenvalue weighted by Crippen LogP contribution is -2.22. The number of nitrogens with one attached hydrogen (secondary N) is 3. The number of hydrogen-bond acceptors (Lipinski definition) is 9. The van der Waals surface area contributed by atoms with E-state index in [9.17, 15) is 40.7 Å². The average molecular weight is 1110 g/mol. The number of hydrogen-bond donors (Lipinski definition) is 3. The van der Waals surface area contributed by atoms with Crippen LogP contribution in [0.25, 0.3) is 0 Å². The van der Waals surface area contributed by atoms with Crippen LogP contribution in [-0.4, -0.2) is 32.7 Å². The predicted octanol–water partition coefficient (Wildman–Crippen LogP) is 12.9. The number of halogens is 7. The molecular weight excluding hydrogens is 1060 g/mol. The number of carbonyl (C=O) groups excluding carboxylic acids is 3. The first-order chi connectivity index (χ1) is 38.6. The number of rotatable bonds is 18. The Morgan fingerprint density at radius 2 is 0.713 bits per heavy atom. The second kappa shape index (κ2) is 29.3. The molecule has 0 saturated heterocycles. The van der Waals surface area contributed by atoms with Crippen molar-refractivity contribution in [3.05, 3.63) is 285 Å². The van der Waals surface area contributed by atoms with Crippen LogP contribution in [0.1, 0.15) is 70.0 Å². The molecule has 0 aliphatic heterocycles. The lowest BCUT2D eigenvalue weighted by molar-refractivity contribution is -0.137. The van der Waals surface area contributed by atoms with E-state index >= 15 is 0 Å². The first-order valence-corrected chi connectivity index (χ1v) is 24.8. The summed E-state index contributed by atoms with van der Waals surface area (Å²) < 4.78 is 93.8. The molecule has 12 nitrogen and oxygen atoms in total. The summed E-state index contributed by atoms with van der Waals surface area (Å²) in [6.45, 7) is 1.68. The van der Waals surface area contributed by atoms with Gasteiger partial charge < -0.3 is 30.2 Å². The summed E-state index contributed by atoms with van der Waals surface area (Å²) in [6, 6.07) is 43.8. The molecule has 0 aliphatic rings.